The van der Waals surface area contributed by atoms with Gasteiger partial charge in [-0.2, -0.15) is 5.10 Å². The predicted octanol–water partition coefficient (Wildman–Crippen LogP) is 3.87. The lowest BCUT2D eigenvalue weighted by Gasteiger charge is -2.17. The molecule has 0 aliphatic carbocycles. The van der Waals surface area contributed by atoms with E-state index in [0.29, 0.717) is 23.0 Å². The fourth-order valence-electron chi connectivity index (χ4n) is 2.60. The van der Waals surface area contributed by atoms with E-state index in [1.165, 1.54) is 0 Å². The molecule has 0 saturated heterocycles. The molecule has 0 unspecified atom stereocenters. The minimum Gasteiger partial charge on any atom is -0.488 e. The van der Waals surface area contributed by atoms with Gasteiger partial charge in [0.1, 0.15) is 23.7 Å². The molecule has 2 aromatic carbocycles. The maximum Gasteiger partial charge on any atom is 0.274 e. The van der Waals surface area contributed by atoms with Gasteiger partial charge in [-0.1, -0.05) is 35.9 Å². The van der Waals surface area contributed by atoms with Crippen molar-refractivity contribution < 1.29 is 9.53 Å². The Bertz CT molecular complexity index is 904. The molecule has 0 fully saturated rings. The number of halogens is 1. The zero-order valence-electron chi connectivity index (χ0n) is 12.0. The van der Waals surface area contributed by atoms with Crippen molar-refractivity contribution in [1.29, 1.82) is 0 Å². The number of para-hydroxylation sites is 2. The summed E-state index contributed by atoms with van der Waals surface area (Å²) in [5.41, 5.74) is 3.31. The Hall–Kier alpha value is -2.79. The van der Waals surface area contributed by atoms with Crippen LogP contribution in [0.25, 0.3) is 11.3 Å². The zero-order valence-corrected chi connectivity index (χ0v) is 12.7. The molecule has 1 aliphatic rings. The number of H-pyrrole nitrogens is 1. The van der Waals surface area contributed by atoms with E-state index in [1.807, 2.05) is 30.3 Å². The highest BCUT2D eigenvalue weighted by Crippen LogP contribution is 2.37. The van der Waals surface area contributed by atoms with Gasteiger partial charge in [-0.05, 0) is 24.3 Å². The summed E-state index contributed by atoms with van der Waals surface area (Å²) in [4.78, 5) is 12.5. The van der Waals surface area contributed by atoms with Crippen molar-refractivity contribution in [3.63, 3.8) is 0 Å². The summed E-state index contributed by atoms with van der Waals surface area (Å²) in [6.45, 7) is 0.300. The average Bonchev–Trinajstić information content (AvgIpc) is 3.01. The SMILES string of the molecule is O=C(Nc1ccccc1Cl)c1[nH]nc2c1COc1ccccc1-2. The van der Waals surface area contributed by atoms with E-state index in [2.05, 4.69) is 15.5 Å². The maximum absolute atomic E-state index is 12.5. The largest absolute Gasteiger partial charge is 0.488 e. The van der Waals surface area contributed by atoms with E-state index in [0.717, 1.165) is 22.6 Å². The summed E-state index contributed by atoms with van der Waals surface area (Å²) in [6.07, 6.45) is 0. The average molecular weight is 326 g/mol. The highest BCUT2D eigenvalue weighted by Gasteiger charge is 2.26. The van der Waals surface area contributed by atoms with Gasteiger partial charge in [0.2, 0.25) is 0 Å². The molecule has 2 N–H and O–H groups in total. The van der Waals surface area contributed by atoms with Crippen LogP contribution < -0.4 is 10.1 Å². The van der Waals surface area contributed by atoms with E-state index in [4.69, 9.17) is 16.3 Å². The third-order valence-electron chi connectivity index (χ3n) is 3.73. The number of carbonyl (C=O) groups excluding carboxylic acids is 1. The molecule has 1 aromatic heterocycles. The Morgan fingerprint density at radius 3 is 2.83 bits per heavy atom. The van der Waals surface area contributed by atoms with Gasteiger partial charge in [-0.15, -0.1) is 0 Å². The third kappa shape index (κ3) is 2.35. The molecule has 1 amide bonds. The molecule has 2 heterocycles. The van der Waals surface area contributed by atoms with Crippen molar-refractivity contribution >= 4 is 23.2 Å². The molecular weight excluding hydrogens is 314 g/mol. The summed E-state index contributed by atoms with van der Waals surface area (Å²) in [6, 6.07) is 14.7. The smallest absolute Gasteiger partial charge is 0.274 e. The Labute approximate surface area is 137 Å². The number of ether oxygens (including phenoxy) is 1. The Kier molecular flexibility index (Phi) is 3.28. The zero-order chi connectivity index (χ0) is 15.8. The van der Waals surface area contributed by atoms with Crippen molar-refractivity contribution in [1.82, 2.24) is 10.2 Å². The van der Waals surface area contributed by atoms with Crippen molar-refractivity contribution in [3.8, 4) is 17.0 Å². The van der Waals surface area contributed by atoms with Crippen molar-refractivity contribution in [2.24, 2.45) is 0 Å². The molecule has 0 saturated carbocycles. The second kappa shape index (κ2) is 5.44. The molecule has 114 valence electrons. The molecule has 0 bridgehead atoms. The number of aromatic amines is 1. The first-order valence-corrected chi connectivity index (χ1v) is 7.47. The van der Waals surface area contributed by atoms with Gasteiger partial charge >= 0.3 is 0 Å². The number of nitrogens with zero attached hydrogens (tertiary/aromatic N) is 1. The minimum absolute atomic E-state index is 0.296. The van der Waals surface area contributed by atoms with Gasteiger partial charge < -0.3 is 10.1 Å². The number of aromatic nitrogens is 2. The molecule has 0 radical (unpaired) electrons. The van der Waals surface area contributed by atoms with Crippen LogP contribution in [0.3, 0.4) is 0 Å². The van der Waals surface area contributed by atoms with Gasteiger partial charge in [0.05, 0.1) is 10.7 Å². The van der Waals surface area contributed by atoms with Crippen LogP contribution in [-0.4, -0.2) is 16.1 Å². The van der Waals surface area contributed by atoms with E-state index < -0.39 is 0 Å². The Balaban J connectivity index is 1.69. The number of carbonyl (C=O) groups is 1. The second-order valence-electron chi connectivity index (χ2n) is 5.14. The first-order chi connectivity index (χ1) is 11.2. The first kappa shape index (κ1) is 13.8. The number of rotatable bonds is 2. The highest BCUT2D eigenvalue weighted by atomic mass is 35.5. The number of benzene rings is 2. The molecule has 1 aliphatic heterocycles. The van der Waals surface area contributed by atoms with Crippen LogP contribution in [0.1, 0.15) is 16.1 Å². The molecule has 4 rings (SSSR count). The van der Waals surface area contributed by atoms with Gasteiger partial charge in [0.25, 0.3) is 5.91 Å². The number of anilines is 1. The Morgan fingerprint density at radius 1 is 1.17 bits per heavy atom. The number of nitrogens with one attached hydrogen (secondary N) is 2. The van der Waals surface area contributed by atoms with E-state index in [1.54, 1.807) is 18.2 Å². The van der Waals surface area contributed by atoms with E-state index in [-0.39, 0.29) is 5.91 Å². The summed E-state index contributed by atoms with van der Waals surface area (Å²) < 4.78 is 5.71. The van der Waals surface area contributed by atoms with Gasteiger partial charge in [-0.25, -0.2) is 0 Å². The maximum atomic E-state index is 12.5. The lowest BCUT2D eigenvalue weighted by Crippen LogP contribution is -2.16. The van der Waals surface area contributed by atoms with Crippen molar-refractivity contribution in [3.05, 3.63) is 64.8 Å². The number of hydrogen-bond acceptors (Lipinski definition) is 3. The number of hydrogen-bond donors (Lipinski definition) is 2. The standard InChI is InChI=1S/C17H12ClN3O2/c18-12-6-2-3-7-13(12)19-17(22)16-11-9-23-14-8-4-1-5-10(14)15(11)20-21-16/h1-8H,9H2,(H,19,22)(H,20,21). The number of fused-ring (bicyclic) bond motifs is 3. The van der Waals surface area contributed by atoms with Crippen LogP contribution in [-0.2, 0) is 6.61 Å². The lowest BCUT2D eigenvalue weighted by atomic mass is 10.0. The fraction of sp³-hybridized carbons (Fsp3) is 0.0588. The van der Waals surface area contributed by atoms with Gasteiger partial charge in [0, 0.05) is 11.1 Å². The second-order valence-corrected chi connectivity index (χ2v) is 5.55. The predicted molar refractivity (Wildman–Crippen MR) is 87.8 cm³/mol. The van der Waals surface area contributed by atoms with Crippen molar-refractivity contribution in [2.75, 3.05) is 5.32 Å². The quantitative estimate of drug-likeness (QED) is 0.751. The third-order valence-corrected chi connectivity index (χ3v) is 4.06. The Morgan fingerprint density at radius 2 is 1.96 bits per heavy atom. The van der Waals surface area contributed by atoms with Crippen LogP contribution in [0.4, 0.5) is 5.69 Å². The molecule has 5 nitrogen and oxygen atoms in total. The molecular formula is C17H12ClN3O2. The normalized spacial score (nSPS) is 12.0. The lowest BCUT2D eigenvalue weighted by molar-refractivity contribution is 0.102. The topological polar surface area (TPSA) is 67.0 Å². The molecule has 0 spiro atoms. The van der Waals surface area contributed by atoms with Crippen LogP contribution in [0.5, 0.6) is 5.75 Å². The van der Waals surface area contributed by atoms with E-state index >= 15 is 0 Å². The van der Waals surface area contributed by atoms with E-state index in [9.17, 15) is 4.79 Å². The van der Waals surface area contributed by atoms with Crippen LogP contribution in [0.15, 0.2) is 48.5 Å². The summed E-state index contributed by atoms with van der Waals surface area (Å²) in [5.74, 6) is 0.472. The highest BCUT2D eigenvalue weighted by molar-refractivity contribution is 6.33. The van der Waals surface area contributed by atoms with Crippen LogP contribution >= 0.6 is 11.6 Å². The van der Waals surface area contributed by atoms with Crippen LogP contribution in [0.2, 0.25) is 5.02 Å². The van der Waals surface area contributed by atoms with Gasteiger partial charge in [0.15, 0.2) is 0 Å². The molecule has 0 atom stereocenters. The first-order valence-electron chi connectivity index (χ1n) is 7.09. The summed E-state index contributed by atoms with van der Waals surface area (Å²) in [7, 11) is 0. The fourth-order valence-corrected chi connectivity index (χ4v) is 2.78. The molecule has 23 heavy (non-hydrogen) atoms. The van der Waals surface area contributed by atoms with Gasteiger partial charge in [-0.3, -0.25) is 9.89 Å². The number of amides is 1. The molecule has 3 aromatic rings. The van der Waals surface area contributed by atoms with Crippen molar-refractivity contribution in [2.45, 2.75) is 6.61 Å². The van der Waals surface area contributed by atoms with Crippen LogP contribution in [0, 0.1) is 0 Å². The minimum atomic E-state index is -0.296. The summed E-state index contributed by atoms with van der Waals surface area (Å²) >= 11 is 6.07. The summed E-state index contributed by atoms with van der Waals surface area (Å²) in [5, 5.41) is 10.4. The monoisotopic (exact) mass is 325 g/mol. The molecule has 6 heteroatoms.